The van der Waals surface area contributed by atoms with Crippen LogP contribution in [0.4, 0.5) is 0 Å². The van der Waals surface area contributed by atoms with Crippen LogP contribution in [0.15, 0.2) is 48.5 Å². The van der Waals surface area contributed by atoms with E-state index >= 15 is 0 Å². The molecule has 166 valence electrons. The van der Waals surface area contributed by atoms with Gasteiger partial charge in [-0.2, -0.15) is 0 Å². The Labute approximate surface area is 187 Å². The highest BCUT2D eigenvalue weighted by molar-refractivity contribution is 6.30. The van der Waals surface area contributed by atoms with Crippen LogP contribution in [0.2, 0.25) is 5.02 Å². The fourth-order valence-corrected chi connectivity index (χ4v) is 3.51. The van der Waals surface area contributed by atoms with Crippen molar-refractivity contribution in [1.82, 2.24) is 9.80 Å². The highest BCUT2D eigenvalue weighted by Gasteiger charge is 2.26. The van der Waals surface area contributed by atoms with Crippen molar-refractivity contribution < 1.29 is 23.8 Å². The van der Waals surface area contributed by atoms with E-state index in [1.165, 1.54) is 0 Å². The quantitative estimate of drug-likeness (QED) is 0.653. The predicted octanol–water partition coefficient (Wildman–Crippen LogP) is 3.26. The van der Waals surface area contributed by atoms with Crippen molar-refractivity contribution in [3.05, 3.63) is 53.6 Å². The van der Waals surface area contributed by atoms with Crippen LogP contribution in [-0.4, -0.2) is 67.6 Å². The lowest BCUT2D eigenvalue weighted by Crippen LogP contribution is -2.43. The molecule has 3 rings (SSSR count). The first-order valence-electron chi connectivity index (χ1n) is 10.2. The van der Waals surface area contributed by atoms with E-state index in [9.17, 15) is 9.59 Å². The molecule has 8 heteroatoms. The minimum atomic E-state index is -0.627. The van der Waals surface area contributed by atoms with E-state index in [1.54, 1.807) is 60.2 Å². The number of carbonyl (C=O) groups is 2. The summed E-state index contributed by atoms with van der Waals surface area (Å²) in [6.45, 7) is 3.70. The molecule has 1 aliphatic heterocycles. The second kappa shape index (κ2) is 10.9. The van der Waals surface area contributed by atoms with Gasteiger partial charge in [0.05, 0.1) is 7.11 Å². The zero-order valence-electron chi connectivity index (χ0n) is 17.8. The van der Waals surface area contributed by atoms with Gasteiger partial charge in [-0.25, -0.2) is 0 Å². The summed E-state index contributed by atoms with van der Waals surface area (Å²) in [6.07, 6.45) is 0.0668. The summed E-state index contributed by atoms with van der Waals surface area (Å²) < 4.78 is 16.6. The topological polar surface area (TPSA) is 68.3 Å². The SMILES string of the molecule is COc1ccccc1OCC(=O)N1CCCN(C(=O)C(C)Oc2ccc(Cl)cc2)CC1. The fourth-order valence-electron chi connectivity index (χ4n) is 3.38. The molecule has 0 saturated carbocycles. The maximum absolute atomic E-state index is 12.8. The summed E-state index contributed by atoms with van der Waals surface area (Å²) in [6, 6.07) is 14.1. The molecular weight excluding hydrogens is 420 g/mol. The lowest BCUT2D eigenvalue weighted by molar-refractivity contribution is -0.138. The van der Waals surface area contributed by atoms with Gasteiger partial charge in [-0.15, -0.1) is 0 Å². The molecule has 1 atom stereocenters. The number of amides is 2. The summed E-state index contributed by atoms with van der Waals surface area (Å²) in [5, 5.41) is 0.610. The molecule has 0 aliphatic carbocycles. The van der Waals surface area contributed by atoms with Gasteiger partial charge >= 0.3 is 0 Å². The first kappa shape index (κ1) is 22.7. The molecular formula is C23H27ClN2O5. The second-order valence-corrected chi connectivity index (χ2v) is 7.65. The Morgan fingerprint density at radius 3 is 2.32 bits per heavy atom. The Morgan fingerprint density at radius 2 is 1.61 bits per heavy atom. The van der Waals surface area contributed by atoms with Crippen molar-refractivity contribution in [3.63, 3.8) is 0 Å². The van der Waals surface area contributed by atoms with Crippen molar-refractivity contribution in [2.24, 2.45) is 0 Å². The molecule has 0 aromatic heterocycles. The van der Waals surface area contributed by atoms with E-state index in [1.807, 2.05) is 12.1 Å². The van der Waals surface area contributed by atoms with Gasteiger partial charge in [-0.1, -0.05) is 23.7 Å². The van der Waals surface area contributed by atoms with Crippen LogP contribution < -0.4 is 14.2 Å². The van der Waals surface area contributed by atoms with Gasteiger partial charge < -0.3 is 24.0 Å². The molecule has 1 saturated heterocycles. The third kappa shape index (κ3) is 6.28. The van der Waals surface area contributed by atoms with Crippen LogP contribution >= 0.6 is 11.6 Å². The molecule has 0 spiro atoms. The van der Waals surface area contributed by atoms with Crippen molar-refractivity contribution in [1.29, 1.82) is 0 Å². The number of hydrogen-bond acceptors (Lipinski definition) is 5. The largest absolute Gasteiger partial charge is 0.493 e. The summed E-state index contributed by atoms with van der Waals surface area (Å²) >= 11 is 5.88. The van der Waals surface area contributed by atoms with Gasteiger partial charge in [0.15, 0.2) is 24.2 Å². The number of rotatable bonds is 7. The number of methoxy groups -OCH3 is 1. The summed E-state index contributed by atoms with van der Waals surface area (Å²) in [5.74, 6) is 1.47. The summed E-state index contributed by atoms with van der Waals surface area (Å²) in [7, 11) is 1.56. The molecule has 1 unspecified atom stereocenters. The summed E-state index contributed by atoms with van der Waals surface area (Å²) in [5.41, 5.74) is 0. The molecule has 1 aliphatic rings. The normalized spacial score (nSPS) is 15.1. The third-order valence-corrected chi connectivity index (χ3v) is 5.31. The molecule has 2 aromatic carbocycles. The molecule has 2 aromatic rings. The van der Waals surface area contributed by atoms with Gasteiger partial charge in [0, 0.05) is 31.2 Å². The average Bonchev–Trinajstić information content (AvgIpc) is 3.05. The van der Waals surface area contributed by atoms with Crippen LogP contribution in [0.25, 0.3) is 0 Å². The van der Waals surface area contributed by atoms with Crippen molar-refractivity contribution in [3.8, 4) is 17.2 Å². The molecule has 31 heavy (non-hydrogen) atoms. The number of para-hydroxylation sites is 2. The van der Waals surface area contributed by atoms with Crippen LogP contribution in [0.3, 0.4) is 0 Å². The van der Waals surface area contributed by atoms with Crippen LogP contribution in [0.5, 0.6) is 17.2 Å². The first-order chi connectivity index (χ1) is 15.0. The summed E-state index contributed by atoms with van der Waals surface area (Å²) in [4.78, 5) is 28.9. The maximum Gasteiger partial charge on any atom is 0.263 e. The van der Waals surface area contributed by atoms with Crippen molar-refractivity contribution in [2.75, 3.05) is 39.9 Å². The number of benzene rings is 2. The Bertz CT molecular complexity index is 890. The Morgan fingerprint density at radius 1 is 0.968 bits per heavy atom. The van der Waals surface area contributed by atoms with E-state index in [4.69, 9.17) is 25.8 Å². The zero-order chi connectivity index (χ0) is 22.2. The predicted molar refractivity (Wildman–Crippen MR) is 118 cm³/mol. The van der Waals surface area contributed by atoms with E-state index in [-0.39, 0.29) is 18.4 Å². The van der Waals surface area contributed by atoms with Crippen molar-refractivity contribution >= 4 is 23.4 Å². The van der Waals surface area contributed by atoms with Crippen LogP contribution in [0.1, 0.15) is 13.3 Å². The number of nitrogens with zero attached hydrogens (tertiary/aromatic N) is 2. The zero-order valence-corrected chi connectivity index (χ0v) is 18.5. The number of ether oxygens (including phenoxy) is 3. The van der Waals surface area contributed by atoms with Gasteiger partial charge in [-0.05, 0) is 49.7 Å². The van der Waals surface area contributed by atoms with Gasteiger partial charge in [0.25, 0.3) is 11.8 Å². The van der Waals surface area contributed by atoms with Gasteiger partial charge in [0.2, 0.25) is 0 Å². The first-order valence-corrected chi connectivity index (χ1v) is 10.6. The Hall–Kier alpha value is -2.93. The fraction of sp³-hybridized carbons (Fsp3) is 0.391. The molecule has 1 fully saturated rings. The Balaban J connectivity index is 1.50. The van der Waals surface area contributed by atoms with E-state index < -0.39 is 6.10 Å². The molecule has 0 bridgehead atoms. The van der Waals surface area contributed by atoms with E-state index in [2.05, 4.69) is 0 Å². The lowest BCUT2D eigenvalue weighted by Gasteiger charge is -2.25. The minimum absolute atomic E-state index is 0.0790. The third-order valence-electron chi connectivity index (χ3n) is 5.05. The standard InChI is InChI=1S/C23H27ClN2O5/c1-17(31-19-10-8-18(24)9-11-19)23(28)26-13-5-12-25(14-15-26)22(27)16-30-21-7-4-3-6-20(21)29-2/h3-4,6-11,17H,5,12-16H2,1-2H3. The number of carbonyl (C=O) groups excluding carboxylic acids is 2. The van der Waals surface area contributed by atoms with E-state index in [0.29, 0.717) is 54.9 Å². The highest BCUT2D eigenvalue weighted by atomic mass is 35.5. The lowest BCUT2D eigenvalue weighted by atomic mass is 10.3. The smallest absolute Gasteiger partial charge is 0.263 e. The molecule has 0 radical (unpaired) electrons. The number of halogens is 1. The highest BCUT2D eigenvalue weighted by Crippen LogP contribution is 2.25. The molecule has 2 amide bonds. The Kier molecular flexibility index (Phi) is 8.00. The second-order valence-electron chi connectivity index (χ2n) is 7.21. The molecule has 1 heterocycles. The molecule has 7 nitrogen and oxygen atoms in total. The van der Waals surface area contributed by atoms with Crippen LogP contribution in [0, 0.1) is 0 Å². The van der Waals surface area contributed by atoms with Crippen LogP contribution in [-0.2, 0) is 9.59 Å². The monoisotopic (exact) mass is 446 g/mol. The molecule has 0 N–H and O–H groups in total. The van der Waals surface area contributed by atoms with E-state index in [0.717, 1.165) is 0 Å². The average molecular weight is 447 g/mol. The number of hydrogen-bond donors (Lipinski definition) is 0. The minimum Gasteiger partial charge on any atom is -0.493 e. The maximum atomic E-state index is 12.8. The van der Waals surface area contributed by atoms with Crippen molar-refractivity contribution in [2.45, 2.75) is 19.4 Å². The van der Waals surface area contributed by atoms with Gasteiger partial charge in [-0.3, -0.25) is 9.59 Å². The van der Waals surface area contributed by atoms with Gasteiger partial charge in [0.1, 0.15) is 5.75 Å².